The van der Waals surface area contributed by atoms with Crippen molar-refractivity contribution in [2.45, 2.75) is 20.3 Å². The van der Waals surface area contributed by atoms with Gasteiger partial charge in [0.15, 0.2) is 6.61 Å². The summed E-state index contributed by atoms with van der Waals surface area (Å²) in [5.74, 6) is -0.253. The molecule has 1 aromatic heterocycles. The molecule has 8 nitrogen and oxygen atoms in total. The molecule has 1 N–H and O–H groups in total. The number of fused-ring (bicyclic) bond motifs is 1. The highest BCUT2D eigenvalue weighted by atomic mass is 16.5. The first-order chi connectivity index (χ1) is 14.8. The summed E-state index contributed by atoms with van der Waals surface area (Å²) in [5, 5.41) is 7.87. The summed E-state index contributed by atoms with van der Waals surface area (Å²) < 4.78 is 11.9. The van der Waals surface area contributed by atoms with Crippen molar-refractivity contribution in [3.63, 3.8) is 0 Å². The van der Waals surface area contributed by atoms with E-state index in [4.69, 9.17) is 9.47 Å². The molecule has 0 spiro atoms. The van der Waals surface area contributed by atoms with Gasteiger partial charge >= 0.3 is 5.97 Å². The monoisotopic (exact) mass is 423 g/mol. The number of benzene rings is 2. The van der Waals surface area contributed by atoms with Gasteiger partial charge in [-0.25, -0.2) is 4.68 Å². The number of esters is 1. The van der Waals surface area contributed by atoms with Crippen molar-refractivity contribution in [3.8, 4) is 5.75 Å². The lowest BCUT2D eigenvalue weighted by Crippen LogP contribution is -2.32. The van der Waals surface area contributed by atoms with Crippen LogP contribution in [0.15, 0.2) is 47.3 Å². The molecule has 0 atom stereocenters. The van der Waals surface area contributed by atoms with E-state index >= 15 is 0 Å². The quantitative estimate of drug-likeness (QED) is 0.438. The Bertz CT molecular complexity index is 1170. The van der Waals surface area contributed by atoms with Gasteiger partial charge in [-0.3, -0.25) is 14.4 Å². The number of ether oxygens (including phenoxy) is 2. The zero-order valence-electron chi connectivity index (χ0n) is 17.8. The van der Waals surface area contributed by atoms with Crippen molar-refractivity contribution in [1.82, 2.24) is 15.1 Å². The van der Waals surface area contributed by atoms with E-state index in [1.165, 1.54) is 11.7 Å². The Morgan fingerprint density at radius 2 is 1.84 bits per heavy atom. The van der Waals surface area contributed by atoms with Crippen LogP contribution in [0.2, 0.25) is 0 Å². The molecule has 0 fully saturated rings. The molecule has 0 saturated heterocycles. The van der Waals surface area contributed by atoms with E-state index in [2.05, 4.69) is 10.4 Å². The van der Waals surface area contributed by atoms with Crippen LogP contribution in [-0.4, -0.2) is 41.4 Å². The van der Waals surface area contributed by atoms with Crippen LogP contribution in [-0.2, 0) is 27.8 Å². The number of nitrogens with zero attached hydrogens (tertiary/aromatic N) is 2. The van der Waals surface area contributed by atoms with Crippen molar-refractivity contribution in [3.05, 3.63) is 69.6 Å². The topological polar surface area (TPSA) is 99.5 Å². The summed E-state index contributed by atoms with van der Waals surface area (Å²) >= 11 is 0. The van der Waals surface area contributed by atoms with E-state index in [9.17, 15) is 14.4 Å². The molecule has 0 aliphatic heterocycles. The predicted octanol–water partition coefficient (Wildman–Crippen LogP) is 1.83. The van der Waals surface area contributed by atoms with Gasteiger partial charge in [-0.15, -0.1) is 0 Å². The Kier molecular flexibility index (Phi) is 7.02. The van der Waals surface area contributed by atoms with E-state index in [0.717, 1.165) is 16.9 Å². The second-order valence-corrected chi connectivity index (χ2v) is 7.23. The Balaban J connectivity index is 1.46. The van der Waals surface area contributed by atoms with Crippen molar-refractivity contribution in [2.24, 2.45) is 7.05 Å². The molecular weight excluding hydrogens is 398 g/mol. The number of carbonyl (C=O) groups excluding carboxylic acids is 2. The second kappa shape index (κ2) is 9.88. The summed E-state index contributed by atoms with van der Waals surface area (Å²) in [7, 11) is 1.53. The van der Waals surface area contributed by atoms with E-state index in [1.807, 2.05) is 32.0 Å². The first kappa shape index (κ1) is 22.0. The molecule has 0 aliphatic rings. The summed E-state index contributed by atoms with van der Waals surface area (Å²) in [6, 6.07) is 12.8. The number of aromatic nitrogens is 2. The van der Waals surface area contributed by atoms with Crippen molar-refractivity contribution < 1.29 is 19.1 Å². The Morgan fingerprint density at radius 3 is 2.58 bits per heavy atom. The van der Waals surface area contributed by atoms with Gasteiger partial charge in [0.05, 0.1) is 24.0 Å². The molecule has 0 bridgehead atoms. The lowest BCUT2D eigenvalue weighted by atomic mass is 10.1. The minimum absolute atomic E-state index is 0.141. The number of rotatable bonds is 8. The molecule has 3 rings (SSSR count). The highest BCUT2D eigenvalue weighted by molar-refractivity contribution is 5.87. The normalized spacial score (nSPS) is 10.7. The van der Waals surface area contributed by atoms with E-state index in [0.29, 0.717) is 23.1 Å². The van der Waals surface area contributed by atoms with Gasteiger partial charge in [-0.1, -0.05) is 35.9 Å². The average Bonchev–Trinajstić information content (AvgIpc) is 2.74. The van der Waals surface area contributed by atoms with Gasteiger partial charge in [0, 0.05) is 12.4 Å². The maximum absolute atomic E-state index is 12.2. The summed E-state index contributed by atoms with van der Waals surface area (Å²) in [4.78, 5) is 36.3. The molecule has 31 heavy (non-hydrogen) atoms. The van der Waals surface area contributed by atoms with Gasteiger partial charge in [0.2, 0.25) is 0 Å². The van der Waals surface area contributed by atoms with Gasteiger partial charge in [-0.05, 0) is 31.5 Å². The molecule has 3 aromatic rings. The fraction of sp³-hybridized carbons (Fsp3) is 0.304. The minimum atomic E-state index is -0.599. The molecule has 162 valence electrons. The SMILES string of the molecule is Cc1ccc(OCCNC(=O)COC(=O)Cc2nn(C)c(=O)c3ccccc23)c(C)c1. The van der Waals surface area contributed by atoms with Crippen LogP contribution >= 0.6 is 0 Å². The molecule has 8 heteroatoms. The lowest BCUT2D eigenvalue weighted by Gasteiger charge is -2.11. The smallest absolute Gasteiger partial charge is 0.312 e. The van der Waals surface area contributed by atoms with Crippen LogP contribution < -0.4 is 15.6 Å². The minimum Gasteiger partial charge on any atom is -0.491 e. The number of aryl methyl sites for hydroxylation is 3. The molecule has 1 heterocycles. The number of nitrogens with one attached hydrogen (secondary N) is 1. The average molecular weight is 423 g/mol. The van der Waals surface area contributed by atoms with Crippen LogP contribution in [0.25, 0.3) is 10.8 Å². The fourth-order valence-corrected chi connectivity index (χ4v) is 3.20. The third-order valence-corrected chi connectivity index (χ3v) is 4.72. The molecule has 0 radical (unpaired) electrons. The molecule has 0 saturated carbocycles. The number of amides is 1. The molecule has 0 aliphatic carbocycles. The third kappa shape index (κ3) is 5.69. The number of carbonyl (C=O) groups is 2. The van der Waals surface area contributed by atoms with Crippen LogP contribution in [0.3, 0.4) is 0 Å². The molecule has 1 amide bonds. The Labute approximate surface area is 179 Å². The van der Waals surface area contributed by atoms with Crippen molar-refractivity contribution in [2.75, 3.05) is 19.8 Å². The van der Waals surface area contributed by atoms with Crippen LogP contribution in [0.1, 0.15) is 16.8 Å². The Hall–Kier alpha value is -3.68. The summed E-state index contributed by atoms with van der Waals surface area (Å²) in [6.45, 7) is 4.17. The first-order valence-corrected chi connectivity index (χ1v) is 9.92. The molecular formula is C23H25N3O5. The third-order valence-electron chi connectivity index (χ3n) is 4.72. The first-order valence-electron chi connectivity index (χ1n) is 9.92. The fourth-order valence-electron chi connectivity index (χ4n) is 3.20. The van der Waals surface area contributed by atoms with Crippen LogP contribution in [0, 0.1) is 13.8 Å². The number of hydrogen-bond acceptors (Lipinski definition) is 6. The highest BCUT2D eigenvalue weighted by Gasteiger charge is 2.14. The second-order valence-electron chi connectivity index (χ2n) is 7.23. The maximum Gasteiger partial charge on any atom is 0.312 e. The largest absolute Gasteiger partial charge is 0.491 e. The summed E-state index contributed by atoms with van der Waals surface area (Å²) in [5.41, 5.74) is 2.36. The predicted molar refractivity (Wildman–Crippen MR) is 116 cm³/mol. The van der Waals surface area contributed by atoms with Crippen LogP contribution in [0.4, 0.5) is 0 Å². The van der Waals surface area contributed by atoms with Crippen LogP contribution in [0.5, 0.6) is 5.75 Å². The van der Waals surface area contributed by atoms with Crippen molar-refractivity contribution in [1.29, 1.82) is 0 Å². The lowest BCUT2D eigenvalue weighted by molar-refractivity contribution is -0.147. The van der Waals surface area contributed by atoms with Crippen molar-refractivity contribution >= 4 is 22.6 Å². The van der Waals surface area contributed by atoms with E-state index in [-0.39, 0.29) is 18.5 Å². The molecule has 0 unspecified atom stereocenters. The van der Waals surface area contributed by atoms with Gasteiger partial charge in [0.25, 0.3) is 11.5 Å². The van der Waals surface area contributed by atoms with E-state index < -0.39 is 18.5 Å². The molecule has 2 aromatic carbocycles. The van der Waals surface area contributed by atoms with E-state index in [1.54, 1.807) is 24.3 Å². The zero-order valence-corrected chi connectivity index (χ0v) is 17.8. The van der Waals surface area contributed by atoms with Gasteiger partial charge in [-0.2, -0.15) is 5.10 Å². The van der Waals surface area contributed by atoms with Gasteiger partial charge in [0.1, 0.15) is 12.4 Å². The summed E-state index contributed by atoms with van der Waals surface area (Å²) in [6.07, 6.45) is -0.141. The Morgan fingerprint density at radius 1 is 1.10 bits per heavy atom. The van der Waals surface area contributed by atoms with Gasteiger partial charge < -0.3 is 14.8 Å². The standard InChI is InChI=1S/C23H25N3O5/c1-15-8-9-20(16(2)12-15)30-11-10-24-21(27)14-31-22(28)13-19-17-6-4-5-7-18(17)23(29)26(3)25-19/h4-9,12H,10-11,13-14H2,1-3H3,(H,24,27). The zero-order chi connectivity index (χ0) is 22.4. The highest BCUT2D eigenvalue weighted by Crippen LogP contribution is 2.18. The number of hydrogen-bond donors (Lipinski definition) is 1. The maximum atomic E-state index is 12.2.